The highest BCUT2D eigenvalue weighted by atomic mass is 32.2. The van der Waals surface area contributed by atoms with Crippen LogP contribution in [0.5, 0.6) is 0 Å². The Labute approximate surface area is 124 Å². The van der Waals surface area contributed by atoms with Gasteiger partial charge in [0.05, 0.1) is 19.8 Å². The van der Waals surface area contributed by atoms with Gasteiger partial charge in [0.15, 0.2) is 0 Å². The summed E-state index contributed by atoms with van der Waals surface area (Å²) in [4.78, 5) is 1.20. The van der Waals surface area contributed by atoms with Gasteiger partial charge in [-0.15, -0.1) is 11.3 Å². The second-order valence-corrected chi connectivity index (χ2v) is 6.87. The van der Waals surface area contributed by atoms with Crippen molar-refractivity contribution >= 4 is 21.4 Å². The first-order valence-corrected chi connectivity index (χ1v) is 8.67. The number of thiophene rings is 1. The van der Waals surface area contributed by atoms with Crippen LogP contribution in [0.15, 0.2) is 10.3 Å². The molecule has 116 valence electrons. The molecule has 0 aliphatic rings. The second kappa shape index (κ2) is 8.71. The van der Waals surface area contributed by atoms with Crippen molar-refractivity contribution < 1.29 is 17.9 Å². The lowest BCUT2D eigenvalue weighted by atomic mass is 10.3. The summed E-state index contributed by atoms with van der Waals surface area (Å²) >= 11 is 1.45. The summed E-state index contributed by atoms with van der Waals surface area (Å²) in [6.07, 6.45) is 0. The Bertz CT molecular complexity index is 500. The van der Waals surface area contributed by atoms with E-state index in [9.17, 15) is 8.42 Å². The highest BCUT2D eigenvalue weighted by molar-refractivity contribution is 7.89. The lowest BCUT2D eigenvalue weighted by Crippen LogP contribution is -2.29. The van der Waals surface area contributed by atoms with E-state index in [4.69, 9.17) is 9.47 Å². The van der Waals surface area contributed by atoms with Crippen LogP contribution in [0.3, 0.4) is 0 Å². The standard InChI is InChI=1S/C12H22N2O4S2/c1-10-9-19-11(8-13-2)12(10)20(15,16)14-4-5-18-7-6-17-3/h9,13-14H,4-8H2,1-3H3. The molecular weight excluding hydrogens is 300 g/mol. The van der Waals surface area contributed by atoms with E-state index in [1.54, 1.807) is 21.1 Å². The lowest BCUT2D eigenvalue weighted by molar-refractivity contribution is 0.0736. The maximum absolute atomic E-state index is 12.3. The third-order valence-corrected chi connectivity index (χ3v) is 5.49. The van der Waals surface area contributed by atoms with Gasteiger partial charge in [-0.25, -0.2) is 13.1 Å². The largest absolute Gasteiger partial charge is 0.382 e. The van der Waals surface area contributed by atoms with Crippen LogP contribution in [0.2, 0.25) is 0 Å². The highest BCUT2D eigenvalue weighted by Crippen LogP contribution is 2.26. The molecule has 0 saturated heterocycles. The van der Waals surface area contributed by atoms with Gasteiger partial charge in [0.2, 0.25) is 10.0 Å². The van der Waals surface area contributed by atoms with Crippen LogP contribution in [0.25, 0.3) is 0 Å². The minimum Gasteiger partial charge on any atom is -0.382 e. The van der Waals surface area contributed by atoms with E-state index in [-0.39, 0.29) is 6.54 Å². The predicted molar refractivity (Wildman–Crippen MR) is 79.7 cm³/mol. The van der Waals surface area contributed by atoms with E-state index in [0.717, 1.165) is 10.4 Å². The molecule has 0 radical (unpaired) electrons. The molecule has 2 N–H and O–H groups in total. The number of hydrogen-bond acceptors (Lipinski definition) is 6. The molecule has 1 aromatic heterocycles. The zero-order chi connectivity index (χ0) is 15.0. The van der Waals surface area contributed by atoms with Crippen LogP contribution in [0.4, 0.5) is 0 Å². The number of nitrogens with one attached hydrogen (secondary N) is 2. The summed E-state index contributed by atoms with van der Waals surface area (Å²) in [6, 6.07) is 0. The van der Waals surface area contributed by atoms with Gasteiger partial charge in [0.1, 0.15) is 4.90 Å². The van der Waals surface area contributed by atoms with Crippen molar-refractivity contribution in [2.75, 3.05) is 40.5 Å². The molecule has 1 heterocycles. The summed E-state index contributed by atoms with van der Waals surface area (Å²) in [5.41, 5.74) is 0.771. The molecule has 0 aliphatic carbocycles. The maximum Gasteiger partial charge on any atom is 0.242 e. The molecular formula is C12H22N2O4S2. The normalized spacial score (nSPS) is 11.9. The highest BCUT2D eigenvalue weighted by Gasteiger charge is 2.22. The van der Waals surface area contributed by atoms with Crippen LogP contribution < -0.4 is 10.0 Å². The predicted octanol–water partition coefficient (Wildman–Crippen LogP) is 0.717. The zero-order valence-corrected chi connectivity index (χ0v) is 13.7. The number of aryl methyl sites for hydroxylation is 1. The molecule has 6 nitrogen and oxygen atoms in total. The molecule has 0 saturated carbocycles. The Balaban J connectivity index is 2.58. The Morgan fingerprint density at radius 1 is 1.30 bits per heavy atom. The van der Waals surface area contributed by atoms with E-state index in [0.29, 0.717) is 31.3 Å². The summed E-state index contributed by atoms with van der Waals surface area (Å²) < 4.78 is 37.2. The van der Waals surface area contributed by atoms with E-state index in [1.165, 1.54) is 11.3 Å². The third kappa shape index (κ3) is 5.12. The molecule has 20 heavy (non-hydrogen) atoms. The first-order valence-electron chi connectivity index (χ1n) is 6.31. The average molecular weight is 322 g/mol. The number of methoxy groups -OCH3 is 1. The Morgan fingerprint density at radius 3 is 2.70 bits per heavy atom. The smallest absolute Gasteiger partial charge is 0.242 e. The van der Waals surface area contributed by atoms with Crippen molar-refractivity contribution in [1.82, 2.24) is 10.0 Å². The van der Waals surface area contributed by atoms with Gasteiger partial charge in [-0.3, -0.25) is 0 Å². The molecule has 1 aromatic rings. The first-order chi connectivity index (χ1) is 9.53. The monoisotopic (exact) mass is 322 g/mol. The molecule has 0 fully saturated rings. The summed E-state index contributed by atoms with van der Waals surface area (Å²) in [7, 11) is -0.0979. The molecule has 0 aromatic carbocycles. The van der Waals surface area contributed by atoms with Gasteiger partial charge in [-0.05, 0) is 24.9 Å². The van der Waals surface area contributed by atoms with Gasteiger partial charge < -0.3 is 14.8 Å². The topological polar surface area (TPSA) is 76.7 Å². The molecule has 8 heteroatoms. The fourth-order valence-electron chi connectivity index (χ4n) is 1.70. The van der Waals surface area contributed by atoms with Crippen molar-refractivity contribution in [3.63, 3.8) is 0 Å². The Hall–Kier alpha value is -0.510. The first kappa shape index (κ1) is 17.5. The van der Waals surface area contributed by atoms with Crippen LogP contribution in [0.1, 0.15) is 10.4 Å². The minimum atomic E-state index is -3.48. The molecule has 0 bridgehead atoms. The van der Waals surface area contributed by atoms with E-state index < -0.39 is 10.0 Å². The third-order valence-electron chi connectivity index (χ3n) is 2.57. The molecule has 0 amide bonds. The molecule has 0 atom stereocenters. The molecule has 0 unspecified atom stereocenters. The quantitative estimate of drug-likeness (QED) is 0.621. The van der Waals surface area contributed by atoms with Gasteiger partial charge >= 0.3 is 0 Å². The van der Waals surface area contributed by atoms with Gasteiger partial charge in [0, 0.05) is 25.1 Å². The Morgan fingerprint density at radius 2 is 2.05 bits per heavy atom. The number of sulfonamides is 1. The average Bonchev–Trinajstić information content (AvgIpc) is 2.76. The van der Waals surface area contributed by atoms with E-state index in [1.807, 2.05) is 5.38 Å². The van der Waals surface area contributed by atoms with Gasteiger partial charge in [-0.2, -0.15) is 0 Å². The fraction of sp³-hybridized carbons (Fsp3) is 0.667. The fourth-order valence-corrected chi connectivity index (χ4v) is 4.53. The molecule has 0 spiro atoms. The number of rotatable bonds is 10. The lowest BCUT2D eigenvalue weighted by Gasteiger charge is -2.09. The number of ether oxygens (including phenoxy) is 2. The van der Waals surface area contributed by atoms with Gasteiger partial charge in [-0.1, -0.05) is 0 Å². The van der Waals surface area contributed by atoms with Crippen LogP contribution in [-0.2, 0) is 26.0 Å². The van der Waals surface area contributed by atoms with Crippen LogP contribution in [0, 0.1) is 6.92 Å². The van der Waals surface area contributed by atoms with Crippen molar-refractivity contribution in [3.8, 4) is 0 Å². The summed E-state index contributed by atoms with van der Waals surface area (Å²) in [5, 5.41) is 4.84. The Kier molecular flexibility index (Phi) is 7.63. The van der Waals surface area contributed by atoms with Crippen LogP contribution >= 0.6 is 11.3 Å². The van der Waals surface area contributed by atoms with Gasteiger partial charge in [0.25, 0.3) is 0 Å². The number of hydrogen-bond donors (Lipinski definition) is 2. The van der Waals surface area contributed by atoms with Crippen LogP contribution in [-0.4, -0.2) is 48.9 Å². The van der Waals surface area contributed by atoms with E-state index in [2.05, 4.69) is 10.0 Å². The molecule has 0 aliphatic heterocycles. The molecule has 1 rings (SSSR count). The summed E-state index contributed by atoms with van der Waals surface area (Å²) in [5.74, 6) is 0. The second-order valence-electron chi connectivity index (χ2n) is 4.20. The minimum absolute atomic E-state index is 0.250. The van der Waals surface area contributed by atoms with Crippen molar-refractivity contribution in [3.05, 3.63) is 15.8 Å². The maximum atomic E-state index is 12.3. The van der Waals surface area contributed by atoms with E-state index >= 15 is 0 Å². The van der Waals surface area contributed by atoms with Crippen molar-refractivity contribution in [2.45, 2.75) is 18.4 Å². The zero-order valence-electron chi connectivity index (χ0n) is 12.1. The summed E-state index contributed by atoms with van der Waals surface area (Å²) in [6.45, 7) is 3.88. The SMILES string of the molecule is CNCc1scc(C)c1S(=O)(=O)NCCOCCOC. The van der Waals surface area contributed by atoms with Crippen molar-refractivity contribution in [1.29, 1.82) is 0 Å². The van der Waals surface area contributed by atoms with Crippen molar-refractivity contribution in [2.24, 2.45) is 0 Å².